The van der Waals surface area contributed by atoms with E-state index < -0.39 is 37.3 Å². The van der Waals surface area contributed by atoms with Gasteiger partial charge in [-0.1, -0.05) is 0 Å². The van der Waals surface area contributed by atoms with Crippen molar-refractivity contribution in [2.24, 2.45) is 7.05 Å². The molecule has 1 saturated heterocycles. The third kappa shape index (κ3) is 3.44. The number of hydrogen-bond acceptors (Lipinski definition) is 9. The summed E-state index contributed by atoms with van der Waals surface area (Å²) in [5.74, 6) is 0.0925. The van der Waals surface area contributed by atoms with Gasteiger partial charge in [0.15, 0.2) is 12.0 Å². The van der Waals surface area contributed by atoms with Crippen LogP contribution in [0.25, 0.3) is 0 Å². The molecule has 130 valence electrons. The SMILES string of the molecule is COc1nc(N[C@@H]2O[C@@H](CO)[C@@H](O)[C@@H](O)[C@@H]2O)c(I)c(=O)n1C. The van der Waals surface area contributed by atoms with Gasteiger partial charge < -0.3 is 35.2 Å². The highest BCUT2D eigenvalue weighted by Crippen LogP contribution is 2.24. The molecule has 0 aromatic carbocycles. The minimum absolute atomic E-state index is 0.0440. The summed E-state index contributed by atoms with van der Waals surface area (Å²) in [5.41, 5.74) is -0.371. The molecular weight excluding hydrogens is 425 g/mol. The van der Waals surface area contributed by atoms with Crippen molar-refractivity contribution in [1.82, 2.24) is 9.55 Å². The number of nitrogens with one attached hydrogen (secondary N) is 1. The van der Waals surface area contributed by atoms with Gasteiger partial charge in [0.25, 0.3) is 5.56 Å². The summed E-state index contributed by atoms with van der Waals surface area (Å²) < 4.78 is 11.7. The zero-order valence-electron chi connectivity index (χ0n) is 12.4. The number of hydrogen-bond donors (Lipinski definition) is 5. The summed E-state index contributed by atoms with van der Waals surface area (Å²) in [6, 6.07) is 0.0440. The van der Waals surface area contributed by atoms with E-state index in [4.69, 9.17) is 9.47 Å². The number of methoxy groups -OCH3 is 1. The van der Waals surface area contributed by atoms with Crippen LogP contribution in [0.15, 0.2) is 4.79 Å². The lowest BCUT2D eigenvalue weighted by Crippen LogP contribution is -2.60. The Hall–Kier alpha value is -0.990. The molecule has 0 spiro atoms. The average Bonchev–Trinajstić information content (AvgIpc) is 2.55. The molecule has 0 radical (unpaired) electrons. The molecular formula is C12H18IN3O7. The van der Waals surface area contributed by atoms with Crippen LogP contribution in [0.4, 0.5) is 5.82 Å². The first-order valence-electron chi connectivity index (χ1n) is 6.69. The van der Waals surface area contributed by atoms with E-state index in [2.05, 4.69) is 10.3 Å². The first-order valence-corrected chi connectivity index (χ1v) is 7.77. The van der Waals surface area contributed by atoms with Crippen LogP contribution in [0.2, 0.25) is 0 Å². The van der Waals surface area contributed by atoms with Crippen LogP contribution in [0.3, 0.4) is 0 Å². The number of aromatic nitrogens is 2. The first-order chi connectivity index (χ1) is 10.8. The molecule has 0 saturated carbocycles. The molecule has 0 unspecified atom stereocenters. The van der Waals surface area contributed by atoms with Gasteiger partial charge in [-0.3, -0.25) is 9.36 Å². The Kier molecular flexibility index (Phi) is 5.80. The quantitative estimate of drug-likeness (QED) is 0.322. The maximum atomic E-state index is 12.1. The summed E-state index contributed by atoms with van der Waals surface area (Å²) in [4.78, 5) is 16.2. The van der Waals surface area contributed by atoms with E-state index in [1.165, 1.54) is 18.7 Å². The molecule has 0 bridgehead atoms. The van der Waals surface area contributed by atoms with Crippen molar-refractivity contribution in [1.29, 1.82) is 0 Å². The van der Waals surface area contributed by atoms with Crippen LogP contribution < -0.4 is 15.6 Å². The fourth-order valence-electron chi connectivity index (χ4n) is 2.19. The molecule has 10 nitrogen and oxygen atoms in total. The van der Waals surface area contributed by atoms with Crippen molar-refractivity contribution in [3.63, 3.8) is 0 Å². The first kappa shape index (κ1) is 18.4. The van der Waals surface area contributed by atoms with Crippen LogP contribution in [-0.2, 0) is 11.8 Å². The molecule has 5 N–H and O–H groups in total. The predicted octanol–water partition coefficient (Wildman–Crippen LogP) is -2.39. The van der Waals surface area contributed by atoms with Crippen molar-refractivity contribution in [3.8, 4) is 6.01 Å². The normalized spacial score (nSPS) is 31.0. The van der Waals surface area contributed by atoms with Gasteiger partial charge >= 0.3 is 6.01 Å². The van der Waals surface area contributed by atoms with Crippen LogP contribution in [0, 0.1) is 3.57 Å². The molecule has 11 heteroatoms. The number of rotatable bonds is 4. The van der Waals surface area contributed by atoms with E-state index in [0.717, 1.165) is 0 Å². The molecule has 1 aliphatic rings. The second-order valence-electron chi connectivity index (χ2n) is 5.02. The fraction of sp³-hybridized carbons (Fsp3) is 0.667. The zero-order valence-corrected chi connectivity index (χ0v) is 14.5. The number of halogens is 1. The van der Waals surface area contributed by atoms with E-state index in [9.17, 15) is 25.2 Å². The molecule has 1 fully saturated rings. The maximum absolute atomic E-state index is 12.1. The number of aliphatic hydroxyl groups excluding tert-OH is 4. The smallest absolute Gasteiger partial charge is 0.300 e. The number of nitrogens with zero attached hydrogens (tertiary/aromatic N) is 2. The van der Waals surface area contributed by atoms with Crippen molar-refractivity contribution in [3.05, 3.63) is 13.9 Å². The minimum atomic E-state index is -1.52. The van der Waals surface area contributed by atoms with E-state index in [1.807, 2.05) is 0 Å². The summed E-state index contributed by atoms with van der Waals surface area (Å²) in [6.45, 7) is -0.548. The molecule has 2 rings (SSSR count). The van der Waals surface area contributed by atoms with Gasteiger partial charge in [-0.05, 0) is 22.6 Å². The Morgan fingerprint density at radius 3 is 2.57 bits per heavy atom. The van der Waals surface area contributed by atoms with Gasteiger partial charge in [0.05, 0.1) is 13.7 Å². The van der Waals surface area contributed by atoms with Crippen LogP contribution in [0.1, 0.15) is 0 Å². The summed E-state index contributed by atoms with van der Waals surface area (Å²) in [7, 11) is 2.85. The Balaban J connectivity index is 2.31. The third-order valence-electron chi connectivity index (χ3n) is 3.55. The Morgan fingerprint density at radius 1 is 1.35 bits per heavy atom. The largest absolute Gasteiger partial charge is 0.468 e. The van der Waals surface area contributed by atoms with Crippen molar-refractivity contribution < 1.29 is 29.9 Å². The second kappa shape index (κ2) is 7.27. The Labute approximate surface area is 144 Å². The van der Waals surface area contributed by atoms with Gasteiger partial charge in [-0.15, -0.1) is 0 Å². The van der Waals surface area contributed by atoms with E-state index >= 15 is 0 Å². The third-order valence-corrected chi connectivity index (χ3v) is 4.52. The molecule has 23 heavy (non-hydrogen) atoms. The maximum Gasteiger partial charge on any atom is 0.300 e. The minimum Gasteiger partial charge on any atom is -0.468 e. The molecule has 5 atom stereocenters. The van der Waals surface area contributed by atoms with Crippen molar-refractivity contribution in [2.75, 3.05) is 19.0 Å². The van der Waals surface area contributed by atoms with E-state index in [0.29, 0.717) is 0 Å². The summed E-state index contributed by atoms with van der Waals surface area (Å²) >= 11 is 1.78. The van der Waals surface area contributed by atoms with Crippen LogP contribution in [-0.4, -0.2) is 74.3 Å². The van der Waals surface area contributed by atoms with Gasteiger partial charge in [-0.25, -0.2) is 0 Å². The standard InChI is InChI=1S/C12H18IN3O7/c1-16-11(21)5(13)9(15-12(16)22-2)14-10-8(20)7(19)6(18)4(3-17)23-10/h4,6-8,10,14,17-20H,3H2,1-2H3/t4-,6+,7+,8-,10+/m0/s1. The molecule has 1 aromatic heterocycles. The zero-order chi connectivity index (χ0) is 17.3. The van der Waals surface area contributed by atoms with Crippen molar-refractivity contribution in [2.45, 2.75) is 30.6 Å². The van der Waals surface area contributed by atoms with Crippen LogP contribution >= 0.6 is 22.6 Å². The van der Waals surface area contributed by atoms with Gasteiger partial charge in [-0.2, -0.15) is 4.98 Å². The number of aliphatic hydroxyl groups is 4. The molecule has 0 aliphatic carbocycles. The Bertz CT molecular complexity index is 623. The van der Waals surface area contributed by atoms with E-state index in [1.54, 1.807) is 22.6 Å². The summed E-state index contributed by atoms with van der Waals surface area (Å²) in [6.07, 6.45) is -6.71. The lowest BCUT2D eigenvalue weighted by Gasteiger charge is -2.40. The molecule has 1 aliphatic heterocycles. The van der Waals surface area contributed by atoms with Gasteiger partial charge in [0, 0.05) is 7.05 Å². The van der Waals surface area contributed by atoms with Crippen LogP contribution in [0.5, 0.6) is 6.01 Å². The molecule has 2 heterocycles. The number of anilines is 1. The van der Waals surface area contributed by atoms with Gasteiger partial charge in [0.2, 0.25) is 0 Å². The van der Waals surface area contributed by atoms with Crippen molar-refractivity contribution >= 4 is 28.4 Å². The van der Waals surface area contributed by atoms with E-state index in [-0.39, 0.29) is 21.0 Å². The number of ether oxygens (including phenoxy) is 2. The highest BCUT2D eigenvalue weighted by atomic mass is 127. The highest BCUT2D eigenvalue weighted by molar-refractivity contribution is 14.1. The lowest BCUT2D eigenvalue weighted by atomic mass is 9.98. The predicted molar refractivity (Wildman–Crippen MR) is 86.1 cm³/mol. The topological polar surface area (TPSA) is 146 Å². The second-order valence-corrected chi connectivity index (χ2v) is 6.10. The van der Waals surface area contributed by atoms with Gasteiger partial charge in [0.1, 0.15) is 28.0 Å². The monoisotopic (exact) mass is 443 g/mol. The lowest BCUT2D eigenvalue weighted by molar-refractivity contribution is -0.221. The fourth-order valence-corrected chi connectivity index (χ4v) is 2.83. The molecule has 1 aromatic rings. The summed E-state index contributed by atoms with van der Waals surface area (Å²) in [5, 5.41) is 41.4. The highest BCUT2D eigenvalue weighted by Gasteiger charge is 2.43. The Morgan fingerprint density at radius 2 is 2.00 bits per heavy atom. The average molecular weight is 443 g/mol. The molecule has 0 amide bonds.